The van der Waals surface area contributed by atoms with Gasteiger partial charge in [0.1, 0.15) is 0 Å². The summed E-state index contributed by atoms with van der Waals surface area (Å²) in [6.45, 7) is 5.57. The van der Waals surface area contributed by atoms with Crippen LogP contribution in [-0.4, -0.2) is 30.1 Å². The van der Waals surface area contributed by atoms with Crippen molar-refractivity contribution < 1.29 is 0 Å². The lowest BCUT2D eigenvalue weighted by atomic mass is 9.98. The first-order valence-corrected chi connectivity index (χ1v) is 7.75. The van der Waals surface area contributed by atoms with Crippen LogP contribution < -0.4 is 5.32 Å². The topological polar surface area (TPSA) is 39.1 Å². The van der Waals surface area contributed by atoms with Gasteiger partial charge in [0, 0.05) is 25.2 Å². The third kappa shape index (κ3) is 2.72. The highest BCUT2D eigenvalue weighted by Crippen LogP contribution is 2.27. The van der Waals surface area contributed by atoms with Gasteiger partial charge in [-0.05, 0) is 56.0 Å². The van der Waals surface area contributed by atoms with Crippen molar-refractivity contribution in [2.45, 2.75) is 51.2 Å². The van der Waals surface area contributed by atoms with Crippen LogP contribution in [-0.2, 0) is 6.54 Å². The maximum absolute atomic E-state index is 8.91. The van der Waals surface area contributed by atoms with E-state index in [1.807, 2.05) is 12.1 Å². The average Bonchev–Trinajstić information content (AvgIpc) is 2.89. The molecule has 2 aliphatic heterocycles. The zero-order valence-electron chi connectivity index (χ0n) is 12.2. The van der Waals surface area contributed by atoms with Gasteiger partial charge in [0.25, 0.3) is 0 Å². The van der Waals surface area contributed by atoms with Gasteiger partial charge in [-0.15, -0.1) is 0 Å². The number of hydrogen-bond donors (Lipinski definition) is 1. The lowest BCUT2D eigenvalue weighted by molar-refractivity contribution is 0.180. The van der Waals surface area contributed by atoms with Crippen molar-refractivity contribution in [2.75, 3.05) is 13.1 Å². The number of fused-ring (bicyclic) bond motifs is 1. The van der Waals surface area contributed by atoms with Crippen LogP contribution in [0.3, 0.4) is 0 Å². The number of nitrogens with zero attached hydrogens (tertiary/aromatic N) is 2. The van der Waals surface area contributed by atoms with Crippen LogP contribution in [0.2, 0.25) is 0 Å². The molecule has 3 nitrogen and oxygen atoms in total. The molecule has 2 aliphatic rings. The molecule has 2 heterocycles. The molecule has 106 valence electrons. The third-order valence-electron chi connectivity index (χ3n) is 4.88. The highest BCUT2D eigenvalue weighted by atomic mass is 15.2. The summed E-state index contributed by atoms with van der Waals surface area (Å²) >= 11 is 0. The molecule has 0 bridgehead atoms. The van der Waals surface area contributed by atoms with Crippen molar-refractivity contribution in [3.63, 3.8) is 0 Å². The predicted octanol–water partition coefficient (Wildman–Crippen LogP) is 2.58. The number of rotatable bonds is 3. The smallest absolute Gasteiger partial charge is 0.0991 e. The van der Waals surface area contributed by atoms with E-state index in [0.717, 1.165) is 18.2 Å². The Labute approximate surface area is 121 Å². The van der Waals surface area contributed by atoms with Crippen LogP contribution in [0, 0.1) is 18.3 Å². The highest BCUT2D eigenvalue weighted by molar-refractivity contribution is 5.37. The van der Waals surface area contributed by atoms with Gasteiger partial charge in [0.15, 0.2) is 0 Å². The molecular weight excluding hydrogens is 246 g/mol. The zero-order chi connectivity index (χ0) is 13.9. The molecule has 0 spiro atoms. The number of benzene rings is 1. The Bertz CT molecular complexity index is 517. The first-order valence-electron chi connectivity index (χ1n) is 7.75. The molecule has 0 radical (unpaired) electrons. The van der Waals surface area contributed by atoms with Crippen LogP contribution in [0.25, 0.3) is 0 Å². The molecular formula is C17H23N3. The van der Waals surface area contributed by atoms with E-state index >= 15 is 0 Å². The Morgan fingerprint density at radius 1 is 1.30 bits per heavy atom. The van der Waals surface area contributed by atoms with E-state index in [4.69, 9.17) is 5.26 Å². The second kappa shape index (κ2) is 5.95. The molecule has 0 aromatic heterocycles. The molecule has 2 atom stereocenters. The molecule has 0 saturated carbocycles. The van der Waals surface area contributed by atoms with Gasteiger partial charge in [-0.1, -0.05) is 12.5 Å². The quantitative estimate of drug-likeness (QED) is 0.916. The van der Waals surface area contributed by atoms with Crippen LogP contribution in [0.15, 0.2) is 18.2 Å². The van der Waals surface area contributed by atoms with Crippen LogP contribution >= 0.6 is 0 Å². The monoisotopic (exact) mass is 269 g/mol. The molecule has 3 rings (SSSR count). The van der Waals surface area contributed by atoms with E-state index in [0.29, 0.717) is 6.04 Å². The van der Waals surface area contributed by atoms with Crippen molar-refractivity contribution in [3.8, 4) is 6.07 Å². The average molecular weight is 269 g/mol. The molecule has 2 saturated heterocycles. The van der Waals surface area contributed by atoms with Crippen molar-refractivity contribution in [3.05, 3.63) is 34.9 Å². The van der Waals surface area contributed by atoms with Gasteiger partial charge in [-0.2, -0.15) is 5.26 Å². The van der Waals surface area contributed by atoms with Crippen LogP contribution in [0.5, 0.6) is 0 Å². The second-order valence-electron chi connectivity index (χ2n) is 6.13. The normalized spacial score (nSPS) is 26.2. The van der Waals surface area contributed by atoms with E-state index in [1.165, 1.54) is 49.9 Å². The molecule has 0 aliphatic carbocycles. The number of nitriles is 1. The number of piperidine rings is 1. The number of nitrogens with one attached hydrogen (secondary N) is 1. The fraction of sp³-hybridized carbons (Fsp3) is 0.588. The molecule has 20 heavy (non-hydrogen) atoms. The second-order valence-corrected chi connectivity index (χ2v) is 6.13. The van der Waals surface area contributed by atoms with E-state index in [-0.39, 0.29) is 0 Å². The maximum atomic E-state index is 8.91. The van der Waals surface area contributed by atoms with E-state index in [1.54, 1.807) is 0 Å². The van der Waals surface area contributed by atoms with Gasteiger partial charge >= 0.3 is 0 Å². The Morgan fingerprint density at radius 2 is 2.20 bits per heavy atom. The fourth-order valence-electron chi connectivity index (χ4n) is 3.69. The van der Waals surface area contributed by atoms with Gasteiger partial charge in [0.05, 0.1) is 11.6 Å². The van der Waals surface area contributed by atoms with Crippen molar-refractivity contribution >= 4 is 0 Å². The van der Waals surface area contributed by atoms with Gasteiger partial charge < -0.3 is 5.32 Å². The lowest BCUT2D eigenvalue weighted by Crippen LogP contribution is -2.44. The van der Waals surface area contributed by atoms with Crippen molar-refractivity contribution in [2.24, 2.45) is 0 Å². The van der Waals surface area contributed by atoms with Crippen molar-refractivity contribution in [1.82, 2.24) is 10.2 Å². The van der Waals surface area contributed by atoms with E-state index < -0.39 is 0 Å². The third-order valence-corrected chi connectivity index (χ3v) is 4.88. The Balaban J connectivity index is 1.61. The summed E-state index contributed by atoms with van der Waals surface area (Å²) in [4.78, 5) is 2.66. The zero-order valence-corrected chi connectivity index (χ0v) is 12.2. The minimum Gasteiger partial charge on any atom is -0.308 e. The molecule has 1 N–H and O–H groups in total. The summed E-state index contributed by atoms with van der Waals surface area (Å²) in [5.41, 5.74) is 3.29. The molecule has 3 heteroatoms. The summed E-state index contributed by atoms with van der Waals surface area (Å²) in [6, 6.07) is 9.60. The minimum atomic E-state index is 0.644. The van der Waals surface area contributed by atoms with Crippen LogP contribution in [0.1, 0.15) is 42.4 Å². The summed E-state index contributed by atoms with van der Waals surface area (Å²) < 4.78 is 0. The van der Waals surface area contributed by atoms with Gasteiger partial charge in [-0.3, -0.25) is 4.90 Å². The molecule has 0 amide bonds. The maximum Gasteiger partial charge on any atom is 0.0991 e. The largest absolute Gasteiger partial charge is 0.308 e. The molecule has 2 unspecified atom stereocenters. The van der Waals surface area contributed by atoms with Gasteiger partial charge in [-0.25, -0.2) is 0 Å². The summed E-state index contributed by atoms with van der Waals surface area (Å²) in [6.07, 6.45) is 5.39. The first kappa shape index (κ1) is 13.6. The molecule has 1 aromatic carbocycles. The Kier molecular flexibility index (Phi) is 4.05. The minimum absolute atomic E-state index is 0.644. The lowest BCUT2D eigenvalue weighted by Gasteiger charge is -2.32. The van der Waals surface area contributed by atoms with Gasteiger partial charge in [0.2, 0.25) is 0 Å². The SMILES string of the molecule is Cc1cc(C#N)ccc1CNC1CCN2CCCCC12. The van der Waals surface area contributed by atoms with Crippen molar-refractivity contribution in [1.29, 1.82) is 5.26 Å². The fourth-order valence-corrected chi connectivity index (χ4v) is 3.69. The Morgan fingerprint density at radius 3 is 3.00 bits per heavy atom. The molecule has 2 fully saturated rings. The number of aryl methyl sites for hydroxylation is 1. The predicted molar refractivity (Wildman–Crippen MR) is 80.4 cm³/mol. The first-order chi connectivity index (χ1) is 9.78. The standard InChI is InChI=1S/C17H23N3/c1-13-10-14(11-18)5-6-15(13)12-19-16-7-9-20-8-3-2-4-17(16)20/h5-6,10,16-17,19H,2-4,7-9,12H2,1H3. The number of hydrogen-bond acceptors (Lipinski definition) is 3. The Hall–Kier alpha value is -1.37. The van der Waals surface area contributed by atoms with Crippen LogP contribution in [0.4, 0.5) is 0 Å². The molecule has 1 aromatic rings. The van der Waals surface area contributed by atoms with E-state index in [9.17, 15) is 0 Å². The summed E-state index contributed by atoms with van der Waals surface area (Å²) in [5.74, 6) is 0. The van der Waals surface area contributed by atoms with E-state index in [2.05, 4.69) is 29.3 Å². The summed E-state index contributed by atoms with van der Waals surface area (Å²) in [7, 11) is 0. The highest BCUT2D eigenvalue weighted by Gasteiger charge is 2.34. The summed E-state index contributed by atoms with van der Waals surface area (Å²) in [5, 5.41) is 12.7.